The van der Waals surface area contributed by atoms with Crippen molar-refractivity contribution in [2.45, 2.75) is 26.3 Å². The third-order valence-electron chi connectivity index (χ3n) is 2.59. The van der Waals surface area contributed by atoms with E-state index >= 15 is 0 Å². The number of carbonyl (C=O) groups excluding carboxylic acids is 1. The van der Waals surface area contributed by atoms with Gasteiger partial charge >= 0.3 is 5.97 Å². The van der Waals surface area contributed by atoms with Crippen molar-refractivity contribution in [2.75, 3.05) is 13.2 Å². The summed E-state index contributed by atoms with van der Waals surface area (Å²) in [5.74, 6) is 0.238. The Labute approximate surface area is 99.8 Å². The SMILES string of the molecule is CC(C)COC(=O)C1NCCc2sccc21. The second kappa shape index (κ2) is 4.97. The zero-order chi connectivity index (χ0) is 11.5. The van der Waals surface area contributed by atoms with Crippen molar-refractivity contribution < 1.29 is 9.53 Å². The first-order valence-electron chi connectivity index (χ1n) is 5.64. The molecule has 0 aliphatic carbocycles. The molecule has 0 bridgehead atoms. The van der Waals surface area contributed by atoms with E-state index in [9.17, 15) is 4.79 Å². The van der Waals surface area contributed by atoms with E-state index in [1.165, 1.54) is 4.88 Å². The Morgan fingerprint density at radius 3 is 3.25 bits per heavy atom. The standard InChI is InChI=1S/C12H17NO2S/c1-8(2)7-15-12(14)11-9-4-6-16-10(9)3-5-13-11/h4,6,8,11,13H,3,5,7H2,1-2H3. The van der Waals surface area contributed by atoms with Crippen LogP contribution in [-0.2, 0) is 16.0 Å². The Balaban J connectivity index is 2.03. The van der Waals surface area contributed by atoms with E-state index in [-0.39, 0.29) is 12.0 Å². The van der Waals surface area contributed by atoms with Gasteiger partial charge in [0.15, 0.2) is 0 Å². The Bertz CT molecular complexity index is 373. The van der Waals surface area contributed by atoms with Crippen molar-refractivity contribution >= 4 is 17.3 Å². The van der Waals surface area contributed by atoms with Gasteiger partial charge in [0.05, 0.1) is 6.61 Å². The number of rotatable bonds is 3. The van der Waals surface area contributed by atoms with E-state index in [1.807, 2.05) is 25.3 Å². The lowest BCUT2D eigenvalue weighted by Crippen LogP contribution is -2.35. The van der Waals surface area contributed by atoms with Crippen LogP contribution >= 0.6 is 11.3 Å². The second-order valence-electron chi connectivity index (χ2n) is 4.46. The number of ether oxygens (including phenoxy) is 1. The summed E-state index contributed by atoms with van der Waals surface area (Å²) in [6, 6.07) is 1.77. The highest BCUT2D eigenvalue weighted by molar-refractivity contribution is 7.10. The Morgan fingerprint density at radius 1 is 1.69 bits per heavy atom. The number of esters is 1. The number of nitrogens with one attached hydrogen (secondary N) is 1. The molecule has 0 amide bonds. The topological polar surface area (TPSA) is 38.3 Å². The third kappa shape index (κ3) is 2.44. The number of carbonyl (C=O) groups is 1. The molecule has 0 saturated heterocycles. The van der Waals surface area contributed by atoms with Gasteiger partial charge in [0.1, 0.15) is 6.04 Å². The van der Waals surface area contributed by atoms with Crippen LogP contribution in [-0.4, -0.2) is 19.1 Å². The molecule has 1 aliphatic rings. The highest BCUT2D eigenvalue weighted by Crippen LogP contribution is 2.28. The van der Waals surface area contributed by atoms with Crippen molar-refractivity contribution in [1.29, 1.82) is 0 Å². The summed E-state index contributed by atoms with van der Waals surface area (Å²) in [5, 5.41) is 5.26. The van der Waals surface area contributed by atoms with Gasteiger partial charge in [0.2, 0.25) is 0 Å². The first-order chi connectivity index (χ1) is 7.68. The van der Waals surface area contributed by atoms with Crippen LogP contribution in [0.3, 0.4) is 0 Å². The molecule has 0 saturated carbocycles. The van der Waals surface area contributed by atoms with Gasteiger partial charge in [-0.2, -0.15) is 0 Å². The molecule has 1 aromatic heterocycles. The Morgan fingerprint density at radius 2 is 2.50 bits per heavy atom. The molecule has 0 aromatic carbocycles. The summed E-state index contributed by atoms with van der Waals surface area (Å²) in [4.78, 5) is 13.2. The van der Waals surface area contributed by atoms with E-state index in [2.05, 4.69) is 5.32 Å². The maximum atomic E-state index is 11.9. The summed E-state index contributed by atoms with van der Waals surface area (Å²) in [5.41, 5.74) is 1.10. The first kappa shape index (κ1) is 11.6. The molecule has 1 N–H and O–H groups in total. The Kier molecular flexibility index (Phi) is 3.61. The van der Waals surface area contributed by atoms with Crippen molar-refractivity contribution in [2.24, 2.45) is 5.92 Å². The molecule has 1 unspecified atom stereocenters. The van der Waals surface area contributed by atoms with Crippen LogP contribution in [0.5, 0.6) is 0 Å². The molecule has 88 valence electrons. The second-order valence-corrected chi connectivity index (χ2v) is 5.46. The van der Waals surface area contributed by atoms with Crippen molar-refractivity contribution in [1.82, 2.24) is 5.32 Å². The van der Waals surface area contributed by atoms with Crippen LogP contribution in [0.4, 0.5) is 0 Å². The summed E-state index contributed by atoms with van der Waals surface area (Å²) in [6.07, 6.45) is 1.01. The van der Waals surface area contributed by atoms with E-state index in [0.29, 0.717) is 12.5 Å². The number of hydrogen-bond donors (Lipinski definition) is 1. The number of fused-ring (bicyclic) bond motifs is 1. The zero-order valence-electron chi connectivity index (χ0n) is 9.66. The molecule has 3 nitrogen and oxygen atoms in total. The highest BCUT2D eigenvalue weighted by Gasteiger charge is 2.28. The molecular formula is C12H17NO2S. The van der Waals surface area contributed by atoms with Crippen LogP contribution in [0, 0.1) is 5.92 Å². The van der Waals surface area contributed by atoms with Crippen LogP contribution in [0.25, 0.3) is 0 Å². The van der Waals surface area contributed by atoms with Crippen LogP contribution in [0.2, 0.25) is 0 Å². The normalized spacial score (nSPS) is 19.6. The molecule has 0 fully saturated rings. The molecule has 1 atom stereocenters. The van der Waals surface area contributed by atoms with Crippen molar-refractivity contribution in [3.8, 4) is 0 Å². The lowest BCUT2D eigenvalue weighted by Gasteiger charge is -2.23. The molecule has 2 rings (SSSR count). The molecule has 16 heavy (non-hydrogen) atoms. The molecule has 0 spiro atoms. The first-order valence-corrected chi connectivity index (χ1v) is 6.52. The van der Waals surface area contributed by atoms with E-state index in [1.54, 1.807) is 11.3 Å². The maximum absolute atomic E-state index is 11.9. The molecule has 1 aromatic rings. The van der Waals surface area contributed by atoms with Gasteiger partial charge in [0, 0.05) is 11.4 Å². The van der Waals surface area contributed by atoms with Gasteiger partial charge in [-0.15, -0.1) is 11.3 Å². The average Bonchev–Trinajstić information content (AvgIpc) is 2.73. The fraction of sp³-hybridized carbons (Fsp3) is 0.583. The van der Waals surface area contributed by atoms with Gasteiger partial charge in [0.25, 0.3) is 0 Å². The lowest BCUT2D eigenvalue weighted by atomic mass is 10.0. The number of hydrogen-bond acceptors (Lipinski definition) is 4. The van der Waals surface area contributed by atoms with E-state index < -0.39 is 0 Å². The van der Waals surface area contributed by atoms with Gasteiger partial charge in [-0.25, -0.2) is 4.79 Å². The van der Waals surface area contributed by atoms with Crippen molar-refractivity contribution in [3.05, 3.63) is 21.9 Å². The molecule has 1 aliphatic heterocycles. The van der Waals surface area contributed by atoms with Crippen LogP contribution < -0.4 is 5.32 Å². The fourth-order valence-electron chi connectivity index (χ4n) is 1.79. The van der Waals surface area contributed by atoms with Crippen molar-refractivity contribution in [3.63, 3.8) is 0 Å². The predicted molar refractivity (Wildman–Crippen MR) is 64.6 cm³/mol. The fourth-order valence-corrected chi connectivity index (χ4v) is 2.71. The van der Waals surface area contributed by atoms with Crippen LogP contribution in [0.15, 0.2) is 11.4 Å². The third-order valence-corrected chi connectivity index (χ3v) is 3.58. The summed E-state index contributed by atoms with van der Waals surface area (Å²) < 4.78 is 5.27. The molecule has 0 radical (unpaired) electrons. The minimum Gasteiger partial charge on any atom is -0.464 e. The average molecular weight is 239 g/mol. The summed E-state index contributed by atoms with van der Waals surface area (Å²) in [7, 11) is 0. The summed E-state index contributed by atoms with van der Waals surface area (Å²) in [6.45, 7) is 5.43. The smallest absolute Gasteiger partial charge is 0.327 e. The van der Waals surface area contributed by atoms with Gasteiger partial charge < -0.3 is 10.1 Å². The maximum Gasteiger partial charge on any atom is 0.327 e. The zero-order valence-corrected chi connectivity index (χ0v) is 10.5. The van der Waals surface area contributed by atoms with Gasteiger partial charge in [-0.3, -0.25) is 0 Å². The quantitative estimate of drug-likeness (QED) is 0.821. The molecular weight excluding hydrogens is 222 g/mol. The highest BCUT2D eigenvalue weighted by atomic mass is 32.1. The van der Waals surface area contributed by atoms with E-state index in [0.717, 1.165) is 18.5 Å². The minimum absolute atomic E-state index is 0.145. The monoisotopic (exact) mass is 239 g/mol. The van der Waals surface area contributed by atoms with Gasteiger partial charge in [-0.05, 0) is 29.3 Å². The lowest BCUT2D eigenvalue weighted by molar-refractivity contribution is -0.147. The number of thiophene rings is 1. The van der Waals surface area contributed by atoms with Gasteiger partial charge in [-0.1, -0.05) is 13.8 Å². The summed E-state index contributed by atoms with van der Waals surface area (Å²) >= 11 is 1.72. The van der Waals surface area contributed by atoms with E-state index in [4.69, 9.17) is 4.74 Å². The predicted octanol–water partition coefficient (Wildman–Crippen LogP) is 2.13. The minimum atomic E-state index is -0.256. The molecule has 2 heterocycles. The Hall–Kier alpha value is -0.870. The largest absolute Gasteiger partial charge is 0.464 e. The van der Waals surface area contributed by atoms with Crippen LogP contribution in [0.1, 0.15) is 30.3 Å². The molecule has 4 heteroatoms.